The summed E-state index contributed by atoms with van der Waals surface area (Å²) in [5, 5.41) is 30.0. The number of hydrogen-bond acceptors (Lipinski definition) is 5. The second kappa shape index (κ2) is 15.7. The van der Waals surface area contributed by atoms with Crippen LogP contribution >= 0.6 is 0 Å². The number of carboxylic acid groups (broad SMARTS) is 1. The monoisotopic (exact) mass is 352 g/mol. The quantitative estimate of drug-likeness (QED) is 0.184. The van der Waals surface area contributed by atoms with Crippen LogP contribution in [0.25, 0.3) is 0 Å². The van der Waals surface area contributed by atoms with E-state index in [-0.39, 0.29) is 70.4 Å². The summed E-state index contributed by atoms with van der Waals surface area (Å²) in [5.74, 6) is -1.12. The van der Waals surface area contributed by atoms with Crippen molar-refractivity contribution in [2.45, 2.75) is 58.6 Å². The number of allylic oxidation sites excluding steroid dienone is 2. The van der Waals surface area contributed by atoms with Crippen molar-refractivity contribution in [3.8, 4) is 0 Å². The zero-order valence-corrected chi connectivity index (χ0v) is 18.0. The molecule has 0 radical (unpaired) electrons. The molecule has 0 amide bonds. The average molecular weight is 353 g/mol. The fraction of sp³-hybridized carbons (Fsp3) is 0.750. The van der Waals surface area contributed by atoms with E-state index in [4.69, 9.17) is 5.11 Å². The minimum atomic E-state index is -0.951. The van der Waals surface area contributed by atoms with Crippen molar-refractivity contribution in [2.24, 2.45) is 4.99 Å². The molecule has 0 aliphatic rings. The van der Waals surface area contributed by atoms with Gasteiger partial charge in [0, 0.05) is 13.1 Å². The van der Waals surface area contributed by atoms with Gasteiger partial charge in [0.05, 0.1) is 12.6 Å². The second-order valence-electron chi connectivity index (χ2n) is 5.43. The molecule has 0 fully saturated rings. The summed E-state index contributed by atoms with van der Waals surface area (Å²) in [7, 11) is 0. The van der Waals surface area contributed by atoms with Crippen LogP contribution in [-0.4, -0.2) is 58.8 Å². The van der Waals surface area contributed by atoms with Crippen molar-refractivity contribution in [1.29, 1.82) is 0 Å². The van der Waals surface area contributed by atoms with Gasteiger partial charge in [-0.2, -0.15) is 0 Å². The van der Waals surface area contributed by atoms with Gasteiger partial charge >= 0.3 is 57.4 Å². The third-order valence-corrected chi connectivity index (χ3v) is 3.23. The Balaban J connectivity index is 0. The molecule has 0 aliphatic heterocycles. The molecule has 0 saturated heterocycles. The fourth-order valence-corrected chi connectivity index (χ4v) is 1.93. The largest absolute Gasteiger partial charge is 1.00 e. The molecule has 6 nitrogen and oxygen atoms in total. The average Bonchev–Trinajstić information content (AvgIpc) is 2.44. The standard InChI is InChI=1S/C16H30N2O4.K/c1-4-5-6-7-8-9-15(20)17-10-11-18(12-13(2)19)14(3)16(21)22;/h6-7,13-14,19H,4-5,8-12H2,1-3H3,(H,17,20)(H,21,22);/q;+1/p-1/b7-6+;. The van der Waals surface area contributed by atoms with Crippen molar-refractivity contribution in [2.75, 3.05) is 19.6 Å². The number of hydrogen-bond donors (Lipinski definition) is 2. The van der Waals surface area contributed by atoms with E-state index in [0.29, 0.717) is 19.4 Å². The molecular weight excluding hydrogens is 323 g/mol. The number of rotatable bonds is 12. The molecule has 2 unspecified atom stereocenters. The Labute approximate surface area is 182 Å². The Bertz CT molecular complexity index is 373. The van der Waals surface area contributed by atoms with E-state index in [1.165, 1.54) is 0 Å². The summed E-state index contributed by atoms with van der Waals surface area (Å²) < 4.78 is 0. The van der Waals surface area contributed by atoms with Gasteiger partial charge in [-0.25, -0.2) is 0 Å². The van der Waals surface area contributed by atoms with Crippen molar-refractivity contribution in [1.82, 2.24) is 4.90 Å². The number of aliphatic imine (C=N–C) groups is 1. The summed E-state index contributed by atoms with van der Waals surface area (Å²) in [6.07, 6.45) is 6.61. The van der Waals surface area contributed by atoms with E-state index < -0.39 is 18.1 Å². The van der Waals surface area contributed by atoms with Gasteiger partial charge < -0.3 is 20.3 Å². The van der Waals surface area contributed by atoms with Gasteiger partial charge in [0.25, 0.3) is 0 Å². The molecule has 0 aliphatic carbocycles. The van der Waals surface area contributed by atoms with Crippen LogP contribution < -0.4 is 56.5 Å². The Morgan fingerprint density at radius 1 is 1.30 bits per heavy atom. The Morgan fingerprint density at radius 3 is 2.43 bits per heavy atom. The maximum absolute atomic E-state index is 11.6. The van der Waals surface area contributed by atoms with Gasteiger partial charge in [-0.3, -0.25) is 9.69 Å². The van der Waals surface area contributed by atoms with Gasteiger partial charge in [0.15, 0.2) is 0 Å². The van der Waals surface area contributed by atoms with Crippen LogP contribution in [0.5, 0.6) is 0 Å². The van der Waals surface area contributed by atoms with Crippen molar-refractivity contribution < 1.29 is 71.5 Å². The van der Waals surface area contributed by atoms with Gasteiger partial charge in [0.1, 0.15) is 6.04 Å². The zero-order valence-electron chi connectivity index (χ0n) is 14.9. The number of aliphatic carboxylic acids is 1. The predicted molar refractivity (Wildman–Crippen MR) is 85.9 cm³/mol. The first-order valence-corrected chi connectivity index (χ1v) is 7.88. The van der Waals surface area contributed by atoms with Crippen molar-refractivity contribution >= 4 is 11.9 Å². The Hall–Kier alpha value is 0.236. The Kier molecular flexibility index (Phi) is 17.4. The maximum atomic E-state index is 11.6. The van der Waals surface area contributed by atoms with E-state index in [1.807, 2.05) is 6.08 Å². The van der Waals surface area contributed by atoms with Crippen LogP contribution in [0.2, 0.25) is 0 Å². The summed E-state index contributed by atoms with van der Waals surface area (Å²) in [4.78, 5) is 16.6. The molecule has 7 heteroatoms. The van der Waals surface area contributed by atoms with Crippen LogP contribution in [0.3, 0.4) is 0 Å². The van der Waals surface area contributed by atoms with Gasteiger partial charge in [-0.15, -0.1) is 0 Å². The molecule has 2 N–H and O–H groups in total. The van der Waals surface area contributed by atoms with Crippen molar-refractivity contribution in [3.05, 3.63) is 12.2 Å². The molecule has 0 bridgehead atoms. The molecule has 128 valence electrons. The number of nitrogens with zero attached hydrogens (tertiary/aromatic N) is 2. The van der Waals surface area contributed by atoms with Crippen LogP contribution in [0, 0.1) is 0 Å². The van der Waals surface area contributed by atoms with Gasteiger partial charge in [0.2, 0.25) is 0 Å². The number of carbonyl (C=O) groups is 1. The zero-order chi connectivity index (χ0) is 17.0. The normalized spacial score (nSPS) is 14.7. The minimum absolute atomic E-state index is 0. The van der Waals surface area contributed by atoms with E-state index >= 15 is 0 Å². The smallest absolute Gasteiger partial charge is 0.862 e. The molecule has 0 heterocycles. The van der Waals surface area contributed by atoms with Gasteiger partial charge in [-0.05, 0) is 39.0 Å². The topological polar surface area (TPSA) is 96.2 Å². The molecule has 23 heavy (non-hydrogen) atoms. The first-order valence-electron chi connectivity index (χ1n) is 7.88. The van der Waals surface area contributed by atoms with E-state index in [0.717, 1.165) is 12.8 Å². The molecule has 0 aromatic heterocycles. The summed E-state index contributed by atoms with van der Waals surface area (Å²) in [6.45, 7) is 6.11. The number of carboxylic acids is 1. The van der Waals surface area contributed by atoms with Crippen LogP contribution in [-0.2, 0) is 4.79 Å². The van der Waals surface area contributed by atoms with Crippen LogP contribution in [0.1, 0.15) is 46.5 Å². The first kappa shape index (κ1) is 25.5. The summed E-state index contributed by atoms with van der Waals surface area (Å²) >= 11 is 0. The van der Waals surface area contributed by atoms with E-state index in [9.17, 15) is 15.0 Å². The fourth-order valence-electron chi connectivity index (χ4n) is 1.93. The van der Waals surface area contributed by atoms with Crippen molar-refractivity contribution in [3.63, 3.8) is 0 Å². The van der Waals surface area contributed by atoms with E-state index in [2.05, 4.69) is 18.0 Å². The van der Waals surface area contributed by atoms with Crippen LogP contribution in [0.4, 0.5) is 0 Å². The summed E-state index contributed by atoms with van der Waals surface area (Å²) in [6, 6.07) is -0.711. The third kappa shape index (κ3) is 14.3. The number of aliphatic hydroxyl groups excluding tert-OH is 1. The molecule has 0 aromatic rings. The first-order chi connectivity index (χ1) is 10.4. The third-order valence-electron chi connectivity index (χ3n) is 3.23. The minimum Gasteiger partial charge on any atom is -0.862 e. The molecule has 0 aromatic carbocycles. The maximum Gasteiger partial charge on any atom is 1.00 e. The SMILES string of the molecule is CCC/C=C/CCC([O-])=NCCN(CC(C)O)C(C)C(=O)O.[K+]. The molecule has 0 saturated carbocycles. The van der Waals surface area contributed by atoms with Gasteiger partial charge in [-0.1, -0.05) is 25.5 Å². The predicted octanol–water partition coefficient (Wildman–Crippen LogP) is -1.96. The molecular formula is C16H29KN2O4. The van der Waals surface area contributed by atoms with Crippen LogP contribution in [0.15, 0.2) is 17.1 Å². The number of aliphatic hydroxyl groups is 1. The number of unbranched alkanes of at least 4 members (excludes halogenated alkanes) is 1. The molecule has 0 rings (SSSR count). The second-order valence-corrected chi connectivity index (χ2v) is 5.43. The molecule has 2 atom stereocenters. The Morgan fingerprint density at radius 2 is 1.91 bits per heavy atom. The molecule has 0 spiro atoms. The summed E-state index contributed by atoms with van der Waals surface area (Å²) in [5.41, 5.74) is 0. The van der Waals surface area contributed by atoms with E-state index in [1.54, 1.807) is 18.7 Å².